The van der Waals surface area contributed by atoms with Crippen molar-refractivity contribution in [2.45, 2.75) is 30.7 Å². The van der Waals surface area contributed by atoms with Gasteiger partial charge in [-0.25, -0.2) is 4.79 Å². The van der Waals surface area contributed by atoms with Crippen LogP contribution in [-0.2, 0) is 9.53 Å². The van der Waals surface area contributed by atoms with Gasteiger partial charge in [0.1, 0.15) is 18.3 Å². The van der Waals surface area contributed by atoms with E-state index in [-0.39, 0.29) is 5.56 Å². The third kappa shape index (κ3) is 4.70. The van der Waals surface area contributed by atoms with Gasteiger partial charge in [-0.05, 0) is 12.2 Å². The quantitative estimate of drug-likeness (QED) is 0.271. The van der Waals surface area contributed by atoms with Crippen molar-refractivity contribution in [3.63, 3.8) is 0 Å². The standard InChI is InChI=1S/C6H10O7.C4H4N2OS/c7-1-2(8)4(5(10)11)13-6(12)3(1)9;7-3-1-2-5-4(8)6-3/h1-4,6-9,12H,(H,10,11);1-2H,(H2,5,6,7,8)/t1-,2-,3+,4-,6+;/m0./s1. The number of aliphatic hydroxyl groups excluding tert-OH is 4. The molecule has 2 rings (SSSR count). The summed E-state index contributed by atoms with van der Waals surface area (Å²) in [5, 5.41) is 44.4. The first-order chi connectivity index (χ1) is 9.73. The summed E-state index contributed by atoms with van der Waals surface area (Å²) in [4.78, 5) is 25.7. The molecule has 0 aliphatic carbocycles. The van der Waals surface area contributed by atoms with Gasteiger partial charge in [-0.2, -0.15) is 0 Å². The van der Waals surface area contributed by atoms with E-state index < -0.39 is 36.7 Å². The summed E-state index contributed by atoms with van der Waals surface area (Å²) in [7, 11) is 0. The fourth-order valence-electron chi connectivity index (χ4n) is 1.45. The van der Waals surface area contributed by atoms with Crippen LogP contribution in [0.25, 0.3) is 0 Å². The molecule has 11 heteroatoms. The van der Waals surface area contributed by atoms with Crippen LogP contribution in [0.1, 0.15) is 0 Å². The predicted octanol–water partition coefficient (Wildman–Crippen LogP) is -2.70. The second-order valence-corrected chi connectivity index (χ2v) is 4.46. The number of nitrogens with one attached hydrogen (secondary N) is 2. The van der Waals surface area contributed by atoms with Gasteiger partial charge in [0, 0.05) is 12.3 Å². The summed E-state index contributed by atoms with van der Waals surface area (Å²) in [6.07, 6.45) is -7.22. The molecular weight excluding hydrogens is 308 g/mol. The maximum Gasteiger partial charge on any atom is 0.335 e. The zero-order valence-electron chi connectivity index (χ0n) is 10.4. The molecule has 1 aliphatic heterocycles. The van der Waals surface area contributed by atoms with Gasteiger partial charge >= 0.3 is 5.97 Å². The molecule has 0 spiro atoms. The molecule has 21 heavy (non-hydrogen) atoms. The molecule has 0 unspecified atom stereocenters. The predicted molar refractivity (Wildman–Crippen MR) is 68.8 cm³/mol. The Bertz CT molecular complexity index is 561. The van der Waals surface area contributed by atoms with Crippen molar-refractivity contribution in [2.24, 2.45) is 0 Å². The molecule has 7 N–H and O–H groups in total. The van der Waals surface area contributed by atoms with Crippen LogP contribution in [-0.4, -0.2) is 72.2 Å². The minimum atomic E-state index is -1.81. The number of H-pyrrole nitrogens is 2. The molecule has 0 amide bonds. The Morgan fingerprint density at radius 2 is 1.81 bits per heavy atom. The van der Waals surface area contributed by atoms with Crippen molar-refractivity contribution in [1.29, 1.82) is 0 Å². The first-order valence-corrected chi connectivity index (χ1v) is 6.03. The lowest BCUT2D eigenvalue weighted by Gasteiger charge is -2.36. The van der Waals surface area contributed by atoms with Gasteiger partial charge in [-0.3, -0.25) is 9.78 Å². The zero-order chi connectivity index (χ0) is 16.2. The highest BCUT2D eigenvalue weighted by atomic mass is 32.1. The summed E-state index contributed by atoms with van der Waals surface area (Å²) < 4.78 is 4.70. The maximum atomic E-state index is 10.4. The molecule has 0 radical (unpaired) electrons. The van der Waals surface area contributed by atoms with E-state index in [0.29, 0.717) is 4.77 Å². The van der Waals surface area contributed by atoms with Crippen LogP contribution in [0.15, 0.2) is 17.1 Å². The minimum absolute atomic E-state index is 0.172. The van der Waals surface area contributed by atoms with Gasteiger partial charge < -0.3 is 35.3 Å². The van der Waals surface area contributed by atoms with E-state index in [0.717, 1.165) is 0 Å². The van der Waals surface area contributed by atoms with E-state index in [2.05, 4.69) is 26.9 Å². The SMILES string of the molecule is O=C(O)[C@H]1O[C@@H](O)[C@H](O)[C@@H](O)[C@@H]1O.O=c1cc[nH]c(=S)[nH]1. The highest BCUT2D eigenvalue weighted by Crippen LogP contribution is 2.19. The first-order valence-electron chi connectivity index (χ1n) is 5.62. The van der Waals surface area contributed by atoms with Gasteiger partial charge in [0.2, 0.25) is 0 Å². The zero-order valence-corrected chi connectivity index (χ0v) is 11.2. The van der Waals surface area contributed by atoms with Crippen LogP contribution in [0, 0.1) is 4.77 Å². The van der Waals surface area contributed by atoms with Gasteiger partial charge in [0.15, 0.2) is 17.2 Å². The normalized spacial score (nSPS) is 31.9. The highest BCUT2D eigenvalue weighted by Gasteiger charge is 2.46. The summed E-state index contributed by atoms with van der Waals surface area (Å²) in [5.41, 5.74) is -0.172. The lowest BCUT2D eigenvalue weighted by atomic mass is 9.99. The second kappa shape index (κ2) is 7.40. The van der Waals surface area contributed by atoms with Gasteiger partial charge in [-0.1, -0.05) is 0 Å². The summed E-state index contributed by atoms with van der Waals surface area (Å²) in [6.45, 7) is 0. The van der Waals surface area contributed by atoms with Crippen LogP contribution < -0.4 is 5.56 Å². The maximum absolute atomic E-state index is 10.4. The van der Waals surface area contributed by atoms with E-state index >= 15 is 0 Å². The molecule has 10 nitrogen and oxygen atoms in total. The Morgan fingerprint density at radius 3 is 2.24 bits per heavy atom. The van der Waals surface area contributed by atoms with E-state index in [1.54, 1.807) is 0 Å². The average Bonchev–Trinajstić information content (AvgIpc) is 2.40. The average molecular weight is 322 g/mol. The number of rotatable bonds is 1. The number of carboxylic acids is 1. The Kier molecular flexibility index (Phi) is 6.14. The number of aromatic amines is 2. The number of carboxylic acid groups (broad SMARTS) is 1. The highest BCUT2D eigenvalue weighted by molar-refractivity contribution is 7.71. The third-order valence-corrected chi connectivity index (χ3v) is 2.74. The van der Waals surface area contributed by atoms with E-state index in [4.69, 9.17) is 25.5 Å². The molecule has 0 aromatic carbocycles. The lowest BCUT2D eigenvalue weighted by molar-refractivity contribution is -0.279. The van der Waals surface area contributed by atoms with Crippen LogP contribution in [0.3, 0.4) is 0 Å². The number of aromatic nitrogens is 2. The van der Waals surface area contributed by atoms with Crippen molar-refractivity contribution in [3.8, 4) is 0 Å². The monoisotopic (exact) mass is 322 g/mol. The Morgan fingerprint density at radius 1 is 1.19 bits per heavy atom. The molecule has 1 aromatic heterocycles. The van der Waals surface area contributed by atoms with Crippen LogP contribution >= 0.6 is 12.2 Å². The van der Waals surface area contributed by atoms with Crippen LogP contribution in [0.4, 0.5) is 0 Å². The Labute approximate surface area is 122 Å². The number of carbonyl (C=O) groups is 1. The Balaban J connectivity index is 0.000000235. The number of hydrogen-bond acceptors (Lipinski definition) is 8. The second-order valence-electron chi connectivity index (χ2n) is 4.05. The van der Waals surface area contributed by atoms with Crippen LogP contribution in [0.2, 0.25) is 0 Å². The van der Waals surface area contributed by atoms with E-state index in [1.807, 2.05) is 0 Å². The topological polar surface area (TPSA) is 176 Å². The smallest absolute Gasteiger partial charge is 0.335 e. The lowest BCUT2D eigenvalue weighted by Crippen LogP contribution is -2.59. The van der Waals surface area contributed by atoms with Gasteiger partial charge in [0.05, 0.1) is 0 Å². The Hall–Kier alpha value is -1.63. The fraction of sp³-hybridized carbons (Fsp3) is 0.500. The van der Waals surface area contributed by atoms with Gasteiger partial charge in [-0.15, -0.1) is 0 Å². The molecule has 5 atom stereocenters. The molecule has 1 saturated heterocycles. The number of aliphatic hydroxyl groups is 4. The van der Waals surface area contributed by atoms with Gasteiger partial charge in [0.25, 0.3) is 5.56 Å². The minimum Gasteiger partial charge on any atom is -0.479 e. The summed E-state index contributed by atoms with van der Waals surface area (Å²) in [5.74, 6) is -1.52. The molecule has 118 valence electrons. The molecule has 2 heterocycles. The van der Waals surface area contributed by atoms with E-state index in [9.17, 15) is 9.59 Å². The number of hydrogen-bond donors (Lipinski definition) is 7. The largest absolute Gasteiger partial charge is 0.479 e. The molecule has 0 bridgehead atoms. The number of ether oxygens (including phenoxy) is 1. The van der Waals surface area contributed by atoms with Crippen molar-refractivity contribution >= 4 is 18.2 Å². The van der Waals surface area contributed by atoms with Crippen molar-refractivity contribution in [2.75, 3.05) is 0 Å². The van der Waals surface area contributed by atoms with E-state index in [1.165, 1.54) is 12.3 Å². The summed E-state index contributed by atoms with van der Waals surface area (Å²) >= 11 is 4.59. The summed E-state index contributed by atoms with van der Waals surface area (Å²) in [6, 6.07) is 1.37. The first kappa shape index (κ1) is 17.4. The fourth-order valence-corrected chi connectivity index (χ4v) is 1.62. The molecule has 1 aliphatic rings. The number of aliphatic carboxylic acids is 1. The van der Waals surface area contributed by atoms with Crippen LogP contribution in [0.5, 0.6) is 0 Å². The molecular formula is C10H14N2O8S. The molecule has 1 aromatic rings. The molecule has 0 saturated carbocycles. The molecule has 1 fully saturated rings. The van der Waals surface area contributed by atoms with Crippen molar-refractivity contribution < 1.29 is 35.1 Å². The third-order valence-electron chi connectivity index (χ3n) is 2.52. The van der Waals surface area contributed by atoms with Crippen molar-refractivity contribution in [3.05, 3.63) is 27.4 Å². The van der Waals surface area contributed by atoms with Crippen molar-refractivity contribution in [1.82, 2.24) is 9.97 Å².